The van der Waals surface area contributed by atoms with Crippen molar-refractivity contribution < 1.29 is 72.5 Å². The minimum atomic E-state index is -2.45. The molecule has 11 atom stereocenters. The number of benzene rings is 1. The van der Waals surface area contributed by atoms with Crippen LogP contribution in [0.1, 0.15) is 91.4 Å². The monoisotopic (exact) mass is 746 g/mol. The minimum absolute atomic E-state index is 0.00585. The van der Waals surface area contributed by atoms with Crippen LogP contribution in [-0.4, -0.2) is 105 Å². The standard InChI is InChI=1S/C38H50O15/c1-9-25(42)51-33-28(48-21(3)39)32(50-23(5)41)35(6,7)17-15-20(2)30(49-22(4)40)37(47)19-36(8,46)29(44)27(37)31-38(33,18-16-26(43)52-31)53-34(45)24-13-11-10-12-14-24/h10-15,17,20,27-33,44,46-47H,9,16,18-19H2,1-8H3/b17-15+/t20-,27+,28-,29+,30-,31+,32+,33+,36+,37+,38-/m0/s1. The number of hydrogen-bond donors (Lipinski definition) is 3. The fourth-order valence-electron chi connectivity index (χ4n) is 7.97. The number of ether oxygens (including phenoxy) is 6. The molecule has 1 saturated carbocycles. The highest BCUT2D eigenvalue weighted by Gasteiger charge is 2.73. The van der Waals surface area contributed by atoms with Gasteiger partial charge >= 0.3 is 35.8 Å². The average Bonchev–Trinajstić information content (AvgIpc) is 3.26. The fourth-order valence-corrected chi connectivity index (χ4v) is 7.97. The molecule has 1 aromatic carbocycles. The van der Waals surface area contributed by atoms with Crippen molar-refractivity contribution in [2.45, 2.75) is 135 Å². The van der Waals surface area contributed by atoms with Gasteiger partial charge in [0.25, 0.3) is 0 Å². The Labute approximate surface area is 307 Å². The second-order valence-corrected chi connectivity index (χ2v) is 15.1. The molecule has 15 heteroatoms. The molecule has 0 spiro atoms. The zero-order valence-electron chi connectivity index (χ0n) is 31.2. The third-order valence-corrected chi connectivity index (χ3v) is 10.3. The maximum Gasteiger partial charge on any atom is 0.338 e. The first-order valence-corrected chi connectivity index (χ1v) is 17.6. The highest BCUT2D eigenvalue weighted by molar-refractivity contribution is 5.90. The van der Waals surface area contributed by atoms with Crippen LogP contribution in [0.15, 0.2) is 42.5 Å². The van der Waals surface area contributed by atoms with Crippen LogP contribution in [0.5, 0.6) is 0 Å². The Bertz CT molecular complexity index is 1600. The second-order valence-electron chi connectivity index (χ2n) is 15.1. The van der Waals surface area contributed by atoms with Crippen molar-refractivity contribution in [1.82, 2.24) is 0 Å². The van der Waals surface area contributed by atoms with Crippen LogP contribution in [0, 0.1) is 17.3 Å². The number of carbonyl (C=O) groups excluding carboxylic acids is 6. The van der Waals surface area contributed by atoms with Crippen LogP contribution < -0.4 is 0 Å². The summed E-state index contributed by atoms with van der Waals surface area (Å²) in [7, 11) is 0. The van der Waals surface area contributed by atoms with E-state index in [1.807, 2.05) is 0 Å². The number of hydrogen-bond acceptors (Lipinski definition) is 15. The van der Waals surface area contributed by atoms with E-state index in [2.05, 4.69) is 0 Å². The molecule has 0 amide bonds. The lowest BCUT2D eigenvalue weighted by Gasteiger charge is -2.54. The van der Waals surface area contributed by atoms with Gasteiger partial charge < -0.3 is 43.7 Å². The molecule has 2 fully saturated rings. The van der Waals surface area contributed by atoms with E-state index in [1.165, 1.54) is 26.0 Å². The number of fused-ring (bicyclic) bond motifs is 3. The number of aliphatic hydroxyl groups is 3. The molecule has 1 aliphatic heterocycles. The molecule has 1 aromatic rings. The lowest BCUT2D eigenvalue weighted by atomic mass is 9.66. The third-order valence-electron chi connectivity index (χ3n) is 10.3. The minimum Gasteiger partial charge on any atom is -0.459 e. The molecule has 2 aliphatic carbocycles. The molecule has 3 N–H and O–H groups in total. The number of aliphatic hydroxyl groups excluding tert-OH is 1. The summed E-state index contributed by atoms with van der Waals surface area (Å²) in [6.07, 6.45) is -9.52. The summed E-state index contributed by atoms with van der Waals surface area (Å²) in [5, 5.41) is 36.5. The maximum atomic E-state index is 14.2. The second kappa shape index (κ2) is 15.6. The Hall–Kier alpha value is -4.34. The van der Waals surface area contributed by atoms with Gasteiger partial charge in [0.05, 0.1) is 23.2 Å². The lowest BCUT2D eigenvalue weighted by Crippen LogP contribution is -2.72. The summed E-state index contributed by atoms with van der Waals surface area (Å²) in [6.45, 7) is 10.8. The zero-order chi connectivity index (χ0) is 39.7. The van der Waals surface area contributed by atoms with Gasteiger partial charge in [0.2, 0.25) is 0 Å². The molecule has 1 saturated heterocycles. The van der Waals surface area contributed by atoms with E-state index < -0.39 is 126 Å². The normalized spacial score (nSPS) is 37.2. The first-order chi connectivity index (χ1) is 24.6. The number of esters is 6. The number of carbonyl (C=O) groups is 6. The van der Waals surface area contributed by atoms with Crippen LogP contribution in [0.25, 0.3) is 0 Å². The van der Waals surface area contributed by atoms with Gasteiger partial charge in [-0.1, -0.05) is 58.0 Å². The Balaban J connectivity index is 2.22. The van der Waals surface area contributed by atoms with Gasteiger partial charge in [-0.2, -0.15) is 0 Å². The molecule has 0 bridgehead atoms. The molecule has 3 aliphatic rings. The molecule has 1 heterocycles. The van der Waals surface area contributed by atoms with Crippen LogP contribution in [0.2, 0.25) is 0 Å². The van der Waals surface area contributed by atoms with E-state index >= 15 is 0 Å². The largest absolute Gasteiger partial charge is 0.459 e. The molecular weight excluding hydrogens is 696 g/mol. The van der Waals surface area contributed by atoms with Crippen LogP contribution in [0.3, 0.4) is 0 Å². The average molecular weight is 747 g/mol. The van der Waals surface area contributed by atoms with Gasteiger partial charge in [0, 0.05) is 57.8 Å². The fraction of sp³-hybridized carbons (Fsp3) is 0.632. The molecule has 0 aromatic heterocycles. The first-order valence-electron chi connectivity index (χ1n) is 17.6. The molecule has 15 nitrogen and oxygen atoms in total. The van der Waals surface area contributed by atoms with E-state index in [-0.39, 0.29) is 12.0 Å². The van der Waals surface area contributed by atoms with E-state index in [0.29, 0.717) is 0 Å². The van der Waals surface area contributed by atoms with Gasteiger partial charge in [-0.25, -0.2) is 4.79 Å². The summed E-state index contributed by atoms with van der Waals surface area (Å²) in [5.41, 5.74) is -8.35. The van der Waals surface area contributed by atoms with E-state index in [1.54, 1.807) is 51.1 Å². The van der Waals surface area contributed by atoms with Crippen molar-refractivity contribution in [3.8, 4) is 0 Å². The molecule has 0 unspecified atom stereocenters. The lowest BCUT2D eigenvalue weighted by molar-refractivity contribution is -0.270. The van der Waals surface area contributed by atoms with Crippen LogP contribution in [-0.2, 0) is 52.4 Å². The van der Waals surface area contributed by atoms with Crippen LogP contribution >= 0.6 is 0 Å². The smallest absolute Gasteiger partial charge is 0.338 e. The molecule has 53 heavy (non-hydrogen) atoms. The summed E-state index contributed by atoms with van der Waals surface area (Å²) < 4.78 is 35.9. The van der Waals surface area contributed by atoms with E-state index in [4.69, 9.17) is 28.4 Å². The van der Waals surface area contributed by atoms with Crippen molar-refractivity contribution in [2.75, 3.05) is 0 Å². The summed E-state index contributed by atoms with van der Waals surface area (Å²) in [4.78, 5) is 79.5. The summed E-state index contributed by atoms with van der Waals surface area (Å²) in [5.74, 6) is -8.14. The predicted octanol–water partition coefficient (Wildman–Crippen LogP) is 2.50. The quantitative estimate of drug-likeness (QED) is 0.207. The number of rotatable bonds is 7. The highest BCUT2D eigenvalue weighted by atomic mass is 16.7. The third kappa shape index (κ3) is 8.42. The molecule has 4 rings (SSSR count). The molecule has 0 radical (unpaired) electrons. The Morgan fingerprint density at radius 1 is 0.868 bits per heavy atom. The SMILES string of the molecule is CCC(=O)O[C@@H]1[C@@H](OC(C)=O)[C@@H](OC(C)=O)C(C)(C)/C=C/[C@H](C)[C@H](OC(C)=O)[C@@]2(O)C[C@@](C)(O)[C@H](O)[C@@H]2[C@H]2OC(=O)CC[C@@]12OC(=O)c1ccccc1. The first kappa shape index (κ1) is 41.4. The molecule has 292 valence electrons. The van der Waals surface area contributed by atoms with Crippen molar-refractivity contribution in [3.63, 3.8) is 0 Å². The van der Waals surface area contributed by atoms with Crippen LogP contribution in [0.4, 0.5) is 0 Å². The Morgan fingerprint density at radius 3 is 2.02 bits per heavy atom. The van der Waals surface area contributed by atoms with Gasteiger partial charge in [-0.05, 0) is 19.1 Å². The highest BCUT2D eigenvalue weighted by Crippen LogP contribution is 2.55. The Morgan fingerprint density at radius 2 is 1.45 bits per heavy atom. The van der Waals surface area contributed by atoms with Crippen molar-refractivity contribution in [1.29, 1.82) is 0 Å². The van der Waals surface area contributed by atoms with Crippen molar-refractivity contribution in [2.24, 2.45) is 17.3 Å². The van der Waals surface area contributed by atoms with Crippen molar-refractivity contribution >= 4 is 35.8 Å². The molecular formula is C38H50O15. The van der Waals surface area contributed by atoms with E-state index in [0.717, 1.165) is 20.8 Å². The van der Waals surface area contributed by atoms with Gasteiger partial charge in [0.15, 0.2) is 30.0 Å². The van der Waals surface area contributed by atoms with Gasteiger partial charge in [-0.3, -0.25) is 24.0 Å². The maximum absolute atomic E-state index is 14.2. The van der Waals surface area contributed by atoms with Gasteiger partial charge in [-0.15, -0.1) is 0 Å². The Kier molecular flexibility index (Phi) is 12.2. The van der Waals surface area contributed by atoms with Crippen molar-refractivity contribution in [3.05, 3.63) is 48.0 Å². The van der Waals surface area contributed by atoms with Gasteiger partial charge in [0.1, 0.15) is 11.7 Å². The topological polar surface area (TPSA) is 218 Å². The zero-order valence-corrected chi connectivity index (χ0v) is 31.2. The summed E-state index contributed by atoms with van der Waals surface area (Å²) >= 11 is 0. The predicted molar refractivity (Wildman–Crippen MR) is 182 cm³/mol. The van der Waals surface area contributed by atoms with E-state index in [9.17, 15) is 44.1 Å². The summed E-state index contributed by atoms with van der Waals surface area (Å²) in [6, 6.07) is 7.60.